The minimum atomic E-state index is -0.430. The van der Waals surface area contributed by atoms with Gasteiger partial charge >= 0.3 is 0 Å². The third-order valence-corrected chi connectivity index (χ3v) is 5.28. The Balaban J connectivity index is 1.38. The predicted octanol–water partition coefficient (Wildman–Crippen LogP) is 3.59. The Morgan fingerprint density at radius 3 is 2.62 bits per heavy atom. The predicted molar refractivity (Wildman–Crippen MR) is 120 cm³/mol. The van der Waals surface area contributed by atoms with Gasteiger partial charge in [-0.25, -0.2) is 9.97 Å². The fourth-order valence-corrected chi connectivity index (χ4v) is 3.69. The second kappa shape index (κ2) is 7.73. The molecule has 0 atom stereocenters. The van der Waals surface area contributed by atoms with Gasteiger partial charge in [-0.2, -0.15) is 9.61 Å². The van der Waals surface area contributed by atoms with E-state index in [0.717, 1.165) is 22.5 Å². The van der Waals surface area contributed by atoms with Crippen molar-refractivity contribution in [2.75, 3.05) is 0 Å². The smallest absolute Gasteiger partial charge is 0.256 e. The molecule has 1 amide bonds. The first kappa shape index (κ1) is 19.6. The van der Waals surface area contributed by atoms with Crippen LogP contribution in [0, 0.1) is 13.8 Å². The Kier molecular flexibility index (Phi) is 4.74. The van der Waals surface area contributed by atoms with E-state index in [1.54, 1.807) is 17.6 Å². The number of fused-ring (bicyclic) bond motifs is 3. The lowest BCUT2D eigenvalue weighted by atomic mass is 10.1. The van der Waals surface area contributed by atoms with Crippen LogP contribution in [0.4, 0.5) is 0 Å². The van der Waals surface area contributed by atoms with E-state index in [2.05, 4.69) is 25.4 Å². The standard InChI is InChI=1S/C24H20N6O2/c1-14-10-20-28-15(2)21-22(31)18(13-26-23(21)30(20)29-14)24(32)27-12-16-8-9-19(25-11-16)17-6-4-3-5-7-17/h3-11,13H,12H2,1-2H3,(H,26,31)(H,27,32). The summed E-state index contributed by atoms with van der Waals surface area (Å²) in [4.78, 5) is 26.1. The second-order valence-electron chi connectivity index (χ2n) is 7.57. The molecule has 4 aromatic heterocycles. The highest BCUT2D eigenvalue weighted by Gasteiger charge is 2.19. The summed E-state index contributed by atoms with van der Waals surface area (Å²) in [5.74, 6) is -0.592. The first-order chi connectivity index (χ1) is 15.5. The maximum Gasteiger partial charge on any atom is 0.256 e. The molecule has 0 saturated carbocycles. The van der Waals surface area contributed by atoms with Gasteiger partial charge < -0.3 is 10.4 Å². The molecule has 2 N–H and O–H groups in total. The Morgan fingerprint density at radius 2 is 1.88 bits per heavy atom. The summed E-state index contributed by atoms with van der Waals surface area (Å²) >= 11 is 0. The van der Waals surface area contributed by atoms with Crippen molar-refractivity contribution in [3.63, 3.8) is 0 Å². The molecule has 8 nitrogen and oxygen atoms in total. The molecule has 32 heavy (non-hydrogen) atoms. The van der Waals surface area contributed by atoms with Crippen molar-refractivity contribution in [2.24, 2.45) is 0 Å². The third-order valence-electron chi connectivity index (χ3n) is 5.28. The average Bonchev–Trinajstić information content (AvgIpc) is 3.18. The molecule has 4 heterocycles. The Bertz CT molecular complexity index is 1460. The van der Waals surface area contributed by atoms with Crippen LogP contribution in [0.5, 0.6) is 5.75 Å². The van der Waals surface area contributed by atoms with Crippen LogP contribution in [0.1, 0.15) is 27.3 Å². The van der Waals surface area contributed by atoms with E-state index in [1.807, 2.05) is 55.5 Å². The number of rotatable bonds is 4. The van der Waals surface area contributed by atoms with Gasteiger partial charge in [-0.05, 0) is 25.5 Å². The molecule has 5 rings (SSSR count). The molecule has 0 aliphatic rings. The summed E-state index contributed by atoms with van der Waals surface area (Å²) in [6, 6.07) is 15.5. The molecule has 1 aromatic carbocycles. The normalized spacial score (nSPS) is 11.2. The highest BCUT2D eigenvalue weighted by molar-refractivity contribution is 6.02. The van der Waals surface area contributed by atoms with Gasteiger partial charge in [-0.3, -0.25) is 9.78 Å². The highest BCUT2D eigenvalue weighted by Crippen LogP contribution is 2.29. The van der Waals surface area contributed by atoms with Crippen LogP contribution in [0.2, 0.25) is 0 Å². The minimum Gasteiger partial charge on any atom is -0.506 e. The minimum absolute atomic E-state index is 0.0829. The molecule has 0 fully saturated rings. The number of hydrogen-bond donors (Lipinski definition) is 2. The van der Waals surface area contributed by atoms with Crippen LogP contribution >= 0.6 is 0 Å². The summed E-state index contributed by atoms with van der Waals surface area (Å²) in [6.07, 6.45) is 3.09. The summed E-state index contributed by atoms with van der Waals surface area (Å²) in [5, 5.41) is 18.4. The Hall–Kier alpha value is -4.33. The summed E-state index contributed by atoms with van der Waals surface area (Å²) in [7, 11) is 0. The quantitative estimate of drug-likeness (QED) is 0.457. The van der Waals surface area contributed by atoms with Gasteiger partial charge in [-0.15, -0.1) is 0 Å². The van der Waals surface area contributed by atoms with Gasteiger partial charge in [0.05, 0.1) is 22.5 Å². The number of aryl methyl sites for hydroxylation is 2. The van der Waals surface area contributed by atoms with E-state index in [1.165, 1.54) is 6.20 Å². The van der Waals surface area contributed by atoms with Crippen LogP contribution < -0.4 is 5.32 Å². The molecule has 8 heteroatoms. The molecule has 0 bridgehead atoms. The van der Waals surface area contributed by atoms with E-state index in [4.69, 9.17) is 0 Å². The number of nitrogens with zero attached hydrogens (tertiary/aromatic N) is 5. The highest BCUT2D eigenvalue weighted by atomic mass is 16.3. The maximum atomic E-state index is 12.8. The number of benzene rings is 1. The maximum absolute atomic E-state index is 12.8. The van der Waals surface area contributed by atoms with Crippen LogP contribution in [0.25, 0.3) is 27.9 Å². The molecule has 0 unspecified atom stereocenters. The van der Waals surface area contributed by atoms with Crippen molar-refractivity contribution in [1.82, 2.24) is 29.9 Å². The lowest BCUT2D eigenvalue weighted by Gasteiger charge is -2.11. The Labute approximate surface area is 183 Å². The summed E-state index contributed by atoms with van der Waals surface area (Å²) < 4.78 is 1.57. The van der Waals surface area contributed by atoms with E-state index in [-0.39, 0.29) is 17.9 Å². The topological polar surface area (TPSA) is 105 Å². The first-order valence-corrected chi connectivity index (χ1v) is 10.1. The van der Waals surface area contributed by atoms with Crippen LogP contribution in [0.3, 0.4) is 0 Å². The molecule has 5 aromatic rings. The summed E-state index contributed by atoms with van der Waals surface area (Å²) in [6.45, 7) is 3.90. The largest absolute Gasteiger partial charge is 0.506 e. The number of carbonyl (C=O) groups is 1. The molecule has 0 aliphatic heterocycles. The van der Waals surface area contributed by atoms with Crippen molar-refractivity contribution in [1.29, 1.82) is 0 Å². The first-order valence-electron chi connectivity index (χ1n) is 10.1. The second-order valence-corrected chi connectivity index (χ2v) is 7.57. The van der Waals surface area contributed by atoms with E-state index < -0.39 is 5.91 Å². The zero-order valence-corrected chi connectivity index (χ0v) is 17.6. The van der Waals surface area contributed by atoms with E-state index >= 15 is 0 Å². The zero-order valence-electron chi connectivity index (χ0n) is 17.6. The van der Waals surface area contributed by atoms with Gasteiger partial charge in [0, 0.05) is 30.6 Å². The lowest BCUT2D eigenvalue weighted by Crippen LogP contribution is -2.23. The van der Waals surface area contributed by atoms with Crippen molar-refractivity contribution in [3.05, 3.63) is 83.4 Å². The molecule has 0 saturated heterocycles. The number of amides is 1. The Morgan fingerprint density at radius 1 is 1.06 bits per heavy atom. The van der Waals surface area contributed by atoms with Crippen LogP contribution in [-0.2, 0) is 6.54 Å². The average molecular weight is 424 g/mol. The van der Waals surface area contributed by atoms with Crippen molar-refractivity contribution in [2.45, 2.75) is 20.4 Å². The monoisotopic (exact) mass is 424 g/mol. The number of hydrogen-bond acceptors (Lipinski definition) is 6. The molecular weight excluding hydrogens is 404 g/mol. The lowest BCUT2D eigenvalue weighted by molar-refractivity contribution is 0.0948. The molecule has 158 valence electrons. The van der Waals surface area contributed by atoms with Crippen LogP contribution in [0.15, 0.2) is 60.9 Å². The van der Waals surface area contributed by atoms with Gasteiger partial charge in [0.2, 0.25) is 0 Å². The van der Waals surface area contributed by atoms with Crippen molar-refractivity contribution in [3.8, 4) is 17.0 Å². The van der Waals surface area contributed by atoms with Gasteiger partial charge in [0.25, 0.3) is 5.91 Å². The molecular formula is C24H20N6O2. The zero-order chi connectivity index (χ0) is 22.2. The SMILES string of the molecule is Cc1cc2nc(C)c3c(O)c(C(=O)NCc4ccc(-c5ccccc5)nc4)cnc3n2n1. The van der Waals surface area contributed by atoms with Gasteiger partial charge in [-0.1, -0.05) is 36.4 Å². The number of carbonyl (C=O) groups excluding carboxylic acids is 1. The molecule has 0 spiro atoms. The van der Waals surface area contributed by atoms with E-state index in [9.17, 15) is 9.90 Å². The fourth-order valence-electron chi connectivity index (χ4n) is 3.69. The van der Waals surface area contributed by atoms with Crippen LogP contribution in [-0.4, -0.2) is 35.6 Å². The molecule has 0 aliphatic carbocycles. The van der Waals surface area contributed by atoms with E-state index in [0.29, 0.717) is 22.4 Å². The van der Waals surface area contributed by atoms with Crippen molar-refractivity contribution < 1.29 is 9.90 Å². The number of nitrogens with one attached hydrogen (secondary N) is 1. The number of aromatic nitrogens is 5. The molecule has 0 radical (unpaired) electrons. The summed E-state index contributed by atoms with van der Waals surface area (Å²) in [5.41, 5.74) is 5.28. The fraction of sp³-hybridized carbons (Fsp3) is 0.125. The van der Waals surface area contributed by atoms with Gasteiger partial charge in [0.15, 0.2) is 11.3 Å². The van der Waals surface area contributed by atoms with Crippen molar-refractivity contribution >= 4 is 22.6 Å². The van der Waals surface area contributed by atoms with Gasteiger partial charge in [0.1, 0.15) is 11.3 Å². The third kappa shape index (κ3) is 3.41. The number of pyridine rings is 2. The number of aromatic hydroxyl groups is 1.